The van der Waals surface area contributed by atoms with Gasteiger partial charge < -0.3 is 15.7 Å². The smallest absolute Gasteiger partial charge is 0.315 e. The molecule has 1 unspecified atom stereocenters. The Morgan fingerprint density at radius 1 is 1.43 bits per heavy atom. The Morgan fingerprint density at radius 2 is 2.00 bits per heavy atom. The lowest BCUT2D eigenvalue weighted by molar-refractivity contribution is 0.226. The molecule has 4 heteroatoms. The fourth-order valence-electron chi connectivity index (χ4n) is 0.974. The first-order chi connectivity index (χ1) is 6.35. The van der Waals surface area contributed by atoms with Crippen molar-refractivity contribution >= 4 is 6.03 Å². The highest BCUT2D eigenvalue weighted by atomic mass is 16.3. The highest BCUT2D eigenvalue weighted by Gasteiger charge is 2.13. The summed E-state index contributed by atoms with van der Waals surface area (Å²) >= 11 is 0. The molecule has 0 aromatic rings. The molecule has 2 amide bonds. The first-order valence-electron chi connectivity index (χ1n) is 5.02. The lowest BCUT2D eigenvalue weighted by Crippen LogP contribution is -2.47. The molecule has 0 radical (unpaired) electrons. The van der Waals surface area contributed by atoms with Gasteiger partial charge in [0.05, 0.1) is 0 Å². The van der Waals surface area contributed by atoms with E-state index in [0.29, 0.717) is 12.5 Å². The summed E-state index contributed by atoms with van der Waals surface area (Å²) in [6.07, 6.45) is 0.718. The predicted octanol–water partition coefficient (Wildman–Crippen LogP) is 1.10. The summed E-state index contributed by atoms with van der Waals surface area (Å²) < 4.78 is 0. The second kappa shape index (κ2) is 5.86. The van der Waals surface area contributed by atoms with Crippen LogP contribution in [0.25, 0.3) is 0 Å². The van der Waals surface area contributed by atoms with Crippen molar-refractivity contribution in [2.75, 3.05) is 13.2 Å². The summed E-state index contributed by atoms with van der Waals surface area (Å²) in [6, 6.07) is -0.151. The Balaban J connectivity index is 3.64. The number of nitrogens with one attached hydrogen (secondary N) is 2. The number of carbonyl (C=O) groups is 1. The van der Waals surface area contributed by atoms with Crippen molar-refractivity contribution in [1.29, 1.82) is 0 Å². The molecule has 0 heterocycles. The van der Waals surface area contributed by atoms with Crippen LogP contribution in [0.2, 0.25) is 0 Å². The zero-order valence-electron chi connectivity index (χ0n) is 9.55. The van der Waals surface area contributed by atoms with E-state index in [0.717, 1.165) is 6.42 Å². The molecule has 1 atom stereocenters. The van der Waals surface area contributed by atoms with Gasteiger partial charge in [-0.1, -0.05) is 6.92 Å². The van der Waals surface area contributed by atoms with Crippen LogP contribution in [0.1, 0.15) is 34.1 Å². The molecule has 0 fully saturated rings. The number of hydrogen-bond acceptors (Lipinski definition) is 2. The lowest BCUT2D eigenvalue weighted by Gasteiger charge is -2.21. The first-order valence-corrected chi connectivity index (χ1v) is 5.02. The van der Waals surface area contributed by atoms with Gasteiger partial charge >= 0.3 is 6.03 Å². The molecule has 0 aromatic carbocycles. The molecule has 0 aliphatic heterocycles. The third kappa shape index (κ3) is 7.86. The maximum Gasteiger partial charge on any atom is 0.315 e. The monoisotopic (exact) mass is 202 g/mol. The summed E-state index contributed by atoms with van der Waals surface area (Å²) in [7, 11) is 0. The summed E-state index contributed by atoms with van der Waals surface area (Å²) in [5.74, 6) is 0.311. The van der Waals surface area contributed by atoms with Gasteiger partial charge in [-0.05, 0) is 33.1 Å². The number of aliphatic hydroxyl groups excluding tert-OH is 1. The third-order valence-corrected chi connectivity index (χ3v) is 1.72. The number of amides is 2. The number of urea groups is 1. The van der Waals surface area contributed by atoms with Gasteiger partial charge in [0.2, 0.25) is 0 Å². The van der Waals surface area contributed by atoms with E-state index >= 15 is 0 Å². The molecule has 14 heavy (non-hydrogen) atoms. The predicted molar refractivity (Wildman–Crippen MR) is 57.2 cm³/mol. The van der Waals surface area contributed by atoms with Gasteiger partial charge in [0.15, 0.2) is 0 Å². The molecule has 0 aliphatic carbocycles. The van der Waals surface area contributed by atoms with Crippen molar-refractivity contribution in [3.63, 3.8) is 0 Å². The van der Waals surface area contributed by atoms with E-state index in [1.54, 1.807) is 0 Å². The van der Waals surface area contributed by atoms with Crippen LogP contribution >= 0.6 is 0 Å². The Morgan fingerprint density at radius 3 is 2.43 bits per heavy atom. The fraction of sp³-hybridized carbons (Fsp3) is 0.900. The highest BCUT2D eigenvalue weighted by Crippen LogP contribution is 1.99. The number of carbonyl (C=O) groups excluding carboxylic acids is 1. The van der Waals surface area contributed by atoms with E-state index in [4.69, 9.17) is 5.11 Å². The lowest BCUT2D eigenvalue weighted by atomic mass is 10.1. The highest BCUT2D eigenvalue weighted by molar-refractivity contribution is 5.74. The van der Waals surface area contributed by atoms with E-state index in [1.165, 1.54) is 0 Å². The van der Waals surface area contributed by atoms with Crippen LogP contribution in [0.3, 0.4) is 0 Å². The van der Waals surface area contributed by atoms with Crippen molar-refractivity contribution in [2.24, 2.45) is 5.92 Å². The topological polar surface area (TPSA) is 61.4 Å². The second-order valence-corrected chi connectivity index (χ2v) is 4.70. The second-order valence-electron chi connectivity index (χ2n) is 4.70. The van der Waals surface area contributed by atoms with Crippen LogP contribution < -0.4 is 10.6 Å². The molecule has 3 N–H and O–H groups in total. The molecule has 4 nitrogen and oxygen atoms in total. The molecular weight excluding hydrogens is 180 g/mol. The normalized spacial score (nSPS) is 13.5. The molecule has 0 saturated carbocycles. The Labute approximate surface area is 86.1 Å². The number of rotatable bonds is 4. The average molecular weight is 202 g/mol. The SMILES string of the molecule is CC(CCO)CNC(=O)NC(C)(C)C. The fourth-order valence-corrected chi connectivity index (χ4v) is 0.974. The zero-order valence-corrected chi connectivity index (χ0v) is 9.55. The van der Waals surface area contributed by atoms with E-state index in [1.807, 2.05) is 27.7 Å². The van der Waals surface area contributed by atoms with Crippen LogP contribution in [-0.2, 0) is 0 Å². The maximum absolute atomic E-state index is 11.3. The average Bonchev–Trinajstić information content (AvgIpc) is 1.98. The van der Waals surface area contributed by atoms with Gasteiger partial charge in [-0.2, -0.15) is 0 Å². The summed E-state index contributed by atoms with van der Waals surface area (Å²) in [6.45, 7) is 8.57. The maximum atomic E-state index is 11.3. The Bertz CT molecular complexity index is 175. The number of aliphatic hydroxyl groups is 1. The Hall–Kier alpha value is -0.770. The molecule has 84 valence electrons. The molecule has 0 aliphatic rings. The van der Waals surface area contributed by atoms with Crippen molar-refractivity contribution < 1.29 is 9.90 Å². The summed E-state index contributed by atoms with van der Waals surface area (Å²) in [5, 5.41) is 14.2. The van der Waals surface area contributed by atoms with E-state index < -0.39 is 0 Å². The summed E-state index contributed by atoms with van der Waals surface area (Å²) in [4.78, 5) is 11.3. The van der Waals surface area contributed by atoms with Gasteiger partial charge in [0, 0.05) is 18.7 Å². The molecule has 0 saturated heterocycles. The van der Waals surface area contributed by atoms with Gasteiger partial charge in [-0.25, -0.2) is 4.79 Å². The van der Waals surface area contributed by atoms with Crippen LogP contribution in [0, 0.1) is 5.92 Å². The van der Waals surface area contributed by atoms with Gasteiger partial charge in [-0.15, -0.1) is 0 Å². The van der Waals surface area contributed by atoms with Crippen molar-refractivity contribution in [1.82, 2.24) is 10.6 Å². The molecular formula is C10H22N2O2. The first kappa shape index (κ1) is 13.2. The van der Waals surface area contributed by atoms with Crippen LogP contribution in [0.15, 0.2) is 0 Å². The molecule has 0 bridgehead atoms. The van der Waals surface area contributed by atoms with Gasteiger partial charge in [0.1, 0.15) is 0 Å². The zero-order chi connectivity index (χ0) is 11.2. The van der Waals surface area contributed by atoms with Gasteiger partial charge in [0.25, 0.3) is 0 Å². The van der Waals surface area contributed by atoms with Crippen LogP contribution in [-0.4, -0.2) is 29.8 Å². The van der Waals surface area contributed by atoms with Gasteiger partial charge in [-0.3, -0.25) is 0 Å². The van der Waals surface area contributed by atoms with Crippen LogP contribution in [0.5, 0.6) is 0 Å². The molecule has 0 rings (SSSR count). The minimum atomic E-state index is -0.204. The standard InChI is InChI=1S/C10H22N2O2/c1-8(5-6-13)7-11-9(14)12-10(2,3)4/h8,13H,5-7H2,1-4H3,(H2,11,12,14). The quantitative estimate of drug-likeness (QED) is 0.639. The van der Waals surface area contributed by atoms with E-state index in [9.17, 15) is 4.79 Å². The summed E-state index contributed by atoms with van der Waals surface area (Å²) in [5.41, 5.74) is -0.204. The van der Waals surface area contributed by atoms with E-state index in [2.05, 4.69) is 10.6 Å². The molecule has 0 aromatic heterocycles. The van der Waals surface area contributed by atoms with E-state index in [-0.39, 0.29) is 18.2 Å². The number of hydrogen-bond donors (Lipinski definition) is 3. The van der Waals surface area contributed by atoms with Crippen molar-refractivity contribution in [3.05, 3.63) is 0 Å². The Kier molecular flexibility index (Phi) is 5.53. The minimum absolute atomic E-state index is 0.151. The van der Waals surface area contributed by atoms with Crippen LogP contribution in [0.4, 0.5) is 4.79 Å². The largest absolute Gasteiger partial charge is 0.396 e. The minimum Gasteiger partial charge on any atom is -0.396 e. The van der Waals surface area contributed by atoms with Crippen molar-refractivity contribution in [3.8, 4) is 0 Å². The van der Waals surface area contributed by atoms with Crippen molar-refractivity contribution in [2.45, 2.75) is 39.7 Å². The third-order valence-electron chi connectivity index (χ3n) is 1.72. The molecule has 0 spiro atoms.